The zero-order valence-electron chi connectivity index (χ0n) is 18.5. The maximum Gasteiger partial charge on any atom is 0.422 e. The van der Waals surface area contributed by atoms with Crippen LogP contribution >= 0.6 is 11.6 Å². The molecular formula is C22H19ClF3N5O4. The predicted molar refractivity (Wildman–Crippen MR) is 117 cm³/mol. The fourth-order valence-corrected chi connectivity index (χ4v) is 3.83. The van der Waals surface area contributed by atoms with Crippen molar-refractivity contribution in [3.05, 3.63) is 64.1 Å². The van der Waals surface area contributed by atoms with Gasteiger partial charge < -0.3 is 19.4 Å². The summed E-state index contributed by atoms with van der Waals surface area (Å²) in [4.78, 5) is 39.1. The predicted octanol–water partition coefficient (Wildman–Crippen LogP) is 4.27. The lowest BCUT2D eigenvalue weighted by atomic mass is 10.1. The first kappa shape index (κ1) is 24.5. The van der Waals surface area contributed by atoms with Gasteiger partial charge in [0.1, 0.15) is 16.6 Å². The Morgan fingerprint density at radius 3 is 2.74 bits per heavy atom. The van der Waals surface area contributed by atoms with Gasteiger partial charge in [-0.15, -0.1) is 0 Å². The minimum absolute atomic E-state index is 0.0484. The van der Waals surface area contributed by atoms with Crippen LogP contribution in [0.3, 0.4) is 0 Å². The number of carbonyl (C=O) groups excluding carboxylic acids is 2. The first-order valence-corrected chi connectivity index (χ1v) is 10.7. The minimum Gasteiger partial charge on any atom is -0.467 e. The molecule has 35 heavy (non-hydrogen) atoms. The molecule has 0 spiro atoms. The van der Waals surface area contributed by atoms with Gasteiger partial charge in [0.15, 0.2) is 12.5 Å². The highest BCUT2D eigenvalue weighted by Gasteiger charge is 2.34. The number of aromatic nitrogens is 3. The normalized spacial score (nSPS) is 14.1. The fourth-order valence-electron chi connectivity index (χ4n) is 3.60. The van der Waals surface area contributed by atoms with Gasteiger partial charge in [-0.1, -0.05) is 11.6 Å². The maximum atomic E-state index is 13.1. The van der Waals surface area contributed by atoms with Gasteiger partial charge in [-0.05, 0) is 24.6 Å². The molecule has 0 fully saturated rings. The number of pyridine rings is 2. The van der Waals surface area contributed by atoms with Crippen molar-refractivity contribution in [2.75, 3.05) is 11.9 Å². The van der Waals surface area contributed by atoms with E-state index < -0.39 is 18.8 Å². The van der Waals surface area contributed by atoms with Gasteiger partial charge in [0.05, 0.1) is 25.2 Å². The van der Waals surface area contributed by atoms with Crippen LogP contribution in [0.5, 0.6) is 5.88 Å². The summed E-state index contributed by atoms with van der Waals surface area (Å²) in [5.74, 6) is 0.0457. The highest BCUT2D eigenvalue weighted by atomic mass is 35.5. The highest BCUT2D eigenvalue weighted by Crippen LogP contribution is 2.35. The maximum absolute atomic E-state index is 13.1. The number of halogens is 4. The molecule has 3 aromatic heterocycles. The lowest BCUT2D eigenvalue weighted by molar-refractivity contribution is -0.154. The Hall–Kier alpha value is -3.67. The summed E-state index contributed by atoms with van der Waals surface area (Å²) in [6.45, 7) is 2.02. The van der Waals surface area contributed by atoms with Crippen LogP contribution in [0, 0.1) is 6.92 Å². The standard InChI is InChI=1S/C22H19ClF3N5O4/c1-11(13-5-17(23)20(29-7-13)34-10-22(24,25)26)31-9-16-15(21(31)33)3-4-27-19(16)30-18(32)6-14-8-28-12(2)35-14/h3-5,7-8,11H,6,9-10H2,1-2H3,(H,27,30,32). The Kier molecular flexibility index (Phi) is 6.66. The molecule has 13 heteroatoms. The average Bonchev–Trinajstić information content (AvgIpc) is 3.35. The quantitative estimate of drug-likeness (QED) is 0.506. The average molecular weight is 510 g/mol. The van der Waals surface area contributed by atoms with E-state index in [4.69, 9.17) is 16.0 Å². The first-order chi connectivity index (χ1) is 16.5. The third-order valence-electron chi connectivity index (χ3n) is 5.29. The van der Waals surface area contributed by atoms with E-state index in [2.05, 4.69) is 25.0 Å². The molecule has 0 radical (unpaired) electrons. The molecule has 4 heterocycles. The lowest BCUT2D eigenvalue weighted by Gasteiger charge is -2.25. The summed E-state index contributed by atoms with van der Waals surface area (Å²) in [7, 11) is 0. The molecule has 3 aromatic rings. The molecule has 1 aliphatic rings. The zero-order chi connectivity index (χ0) is 25.3. The van der Waals surface area contributed by atoms with E-state index in [0.717, 1.165) is 0 Å². The number of hydrogen-bond acceptors (Lipinski definition) is 7. The van der Waals surface area contributed by atoms with Gasteiger partial charge in [0.2, 0.25) is 11.8 Å². The number of nitrogens with one attached hydrogen (secondary N) is 1. The van der Waals surface area contributed by atoms with Crippen LogP contribution < -0.4 is 10.1 Å². The molecule has 184 valence electrons. The second-order valence-corrected chi connectivity index (χ2v) is 8.23. The number of fused-ring (bicyclic) bond motifs is 1. The Labute approximate surface area is 202 Å². The van der Waals surface area contributed by atoms with Gasteiger partial charge >= 0.3 is 6.18 Å². The number of ether oxygens (including phenoxy) is 1. The van der Waals surface area contributed by atoms with Crippen LogP contribution in [-0.4, -0.2) is 44.4 Å². The van der Waals surface area contributed by atoms with Crippen molar-refractivity contribution in [2.24, 2.45) is 0 Å². The molecule has 1 atom stereocenters. The number of aryl methyl sites for hydroxylation is 1. The number of oxazole rings is 1. The lowest BCUT2D eigenvalue weighted by Crippen LogP contribution is -2.27. The van der Waals surface area contributed by atoms with E-state index in [1.54, 1.807) is 19.9 Å². The number of hydrogen-bond donors (Lipinski definition) is 1. The molecule has 0 saturated heterocycles. The van der Waals surface area contributed by atoms with Crippen molar-refractivity contribution in [2.45, 2.75) is 39.0 Å². The number of anilines is 1. The summed E-state index contributed by atoms with van der Waals surface area (Å²) in [5.41, 5.74) is 1.41. The highest BCUT2D eigenvalue weighted by molar-refractivity contribution is 6.31. The van der Waals surface area contributed by atoms with Crippen LogP contribution in [0.4, 0.5) is 19.0 Å². The number of carbonyl (C=O) groups is 2. The van der Waals surface area contributed by atoms with Crippen molar-refractivity contribution in [3.63, 3.8) is 0 Å². The first-order valence-electron chi connectivity index (χ1n) is 10.4. The zero-order valence-corrected chi connectivity index (χ0v) is 19.3. The third-order valence-corrected chi connectivity index (χ3v) is 5.56. The summed E-state index contributed by atoms with van der Waals surface area (Å²) < 4.78 is 47.1. The second kappa shape index (κ2) is 9.53. The van der Waals surface area contributed by atoms with Crippen molar-refractivity contribution < 1.29 is 31.9 Å². The van der Waals surface area contributed by atoms with Gasteiger partial charge in [-0.25, -0.2) is 15.0 Å². The molecule has 9 nitrogen and oxygen atoms in total. The molecule has 0 bridgehead atoms. The van der Waals surface area contributed by atoms with Gasteiger partial charge in [-0.2, -0.15) is 13.2 Å². The van der Waals surface area contributed by atoms with Crippen molar-refractivity contribution >= 4 is 29.2 Å². The van der Waals surface area contributed by atoms with Crippen LogP contribution in [0.2, 0.25) is 5.02 Å². The SMILES string of the molecule is Cc1ncc(CC(=O)Nc2nccc3c2CN(C(C)c2cnc(OCC(F)(F)F)c(Cl)c2)C3=O)o1. The number of nitrogens with zero attached hydrogens (tertiary/aromatic N) is 4. The summed E-state index contributed by atoms with van der Waals surface area (Å²) in [6, 6.07) is 2.43. The van der Waals surface area contributed by atoms with E-state index >= 15 is 0 Å². The number of amides is 2. The smallest absolute Gasteiger partial charge is 0.422 e. The van der Waals surface area contributed by atoms with Gasteiger partial charge in [-0.3, -0.25) is 9.59 Å². The van der Waals surface area contributed by atoms with E-state index in [1.807, 2.05) is 0 Å². The van der Waals surface area contributed by atoms with Crippen LogP contribution in [-0.2, 0) is 17.8 Å². The number of rotatable bonds is 7. The summed E-state index contributed by atoms with van der Waals surface area (Å²) in [5, 5.41) is 2.59. The van der Waals surface area contributed by atoms with E-state index in [-0.39, 0.29) is 41.5 Å². The minimum atomic E-state index is -4.53. The molecular weight excluding hydrogens is 491 g/mol. The monoisotopic (exact) mass is 509 g/mol. The molecule has 1 unspecified atom stereocenters. The Morgan fingerprint density at radius 2 is 2.09 bits per heavy atom. The molecule has 4 rings (SSSR count). The largest absolute Gasteiger partial charge is 0.467 e. The van der Waals surface area contributed by atoms with Crippen molar-refractivity contribution in [1.29, 1.82) is 0 Å². The van der Waals surface area contributed by atoms with Crippen molar-refractivity contribution in [1.82, 2.24) is 19.9 Å². The summed E-state index contributed by atoms with van der Waals surface area (Å²) >= 11 is 6.06. The van der Waals surface area contributed by atoms with E-state index in [1.165, 1.54) is 29.6 Å². The van der Waals surface area contributed by atoms with Crippen LogP contribution in [0.15, 0.2) is 35.1 Å². The molecule has 0 saturated carbocycles. The van der Waals surface area contributed by atoms with Gasteiger partial charge in [0, 0.05) is 30.4 Å². The fraction of sp³-hybridized carbons (Fsp3) is 0.318. The van der Waals surface area contributed by atoms with Gasteiger partial charge in [0.25, 0.3) is 5.91 Å². The molecule has 1 N–H and O–H groups in total. The molecule has 1 aliphatic heterocycles. The molecule has 0 aliphatic carbocycles. The Balaban J connectivity index is 1.48. The topological polar surface area (TPSA) is 110 Å². The second-order valence-electron chi connectivity index (χ2n) is 7.82. The van der Waals surface area contributed by atoms with E-state index in [0.29, 0.717) is 28.3 Å². The summed E-state index contributed by atoms with van der Waals surface area (Å²) in [6.07, 6.45) is -0.390. The van der Waals surface area contributed by atoms with Crippen molar-refractivity contribution in [3.8, 4) is 5.88 Å². The Morgan fingerprint density at radius 1 is 1.31 bits per heavy atom. The van der Waals surface area contributed by atoms with E-state index in [9.17, 15) is 22.8 Å². The molecule has 2 amide bonds. The van der Waals surface area contributed by atoms with Crippen LogP contribution in [0.25, 0.3) is 0 Å². The Bertz CT molecular complexity index is 1280. The third kappa shape index (κ3) is 5.53. The molecule has 0 aromatic carbocycles. The number of alkyl halides is 3. The van der Waals surface area contributed by atoms with Crippen LogP contribution in [0.1, 0.15) is 46.1 Å².